The minimum absolute atomic E-state index is 0.566. The lowest BCUT2D eigenvalue weighted by molar-refractivity contribution is 0.414. The van der Waals surface area contributed by atoms with Crippen molar-refractivity contribution in [3.63, 3.8) is 0 Å². The summed E-state index contributed by atoms with van der Waals surface area (Å²) in [4.78, 5) is 0. The Morgan fingerprint density at radius 2 is 2.12 bits per heavy atom. The van der Waals surface area contributed by atoms with Crippen LogP contribution < -0.4 is 10.2 Å². The summed E-state index contributed by atoms with van der Waals surface area (Å²) in [6.45, 7) is 2.56. The second-order valence-corrected chi connectivity index (χ2v) is 3.98. The summed E-state index contributed by atoms with van der Waals surface area (Å²) in [6, 6.07) is 7.87. The fourth-order valence-corrected chi connectivity index (χ4v) is 1.72. The number of aromatic nitrogens is 3. The maximum Gasteiger partial charge on any atom is 0.214 e. The standard InChI is InChI=1S/C11H14N4OS/c1-8-13-14-11(17)15(8)12-7-9-3-5-10(16-2)6-4-9/h3-6,12H,7H2,1-2H3,(H,14,17). The average molecular weight is 250 g/mol. The second-order valence-electron chi connectivity index (χ2n) is 3.59. The number of ether oxygens (including phenoxy) is 1. The molecule has 0 atom stereocenters. The largest absolute Gasteiger partial charge is 0.497 e. The van der Waals surface area contributed by atoms with Crippen LogP contribution in [-0.2, 0) is 6.54 Å². The van der Waals surface area contributed by atoms with Crippen molar-refractivity contribution in [2.24, 2.45) is 0 Å². The normalized spacial score (nSPS) is 10.2. The van der Waals surface area contributed by atoms with E-state index in [1.54, 1.807) is 11.8 Å². The minimum atomic E-state index is 0.566. The van der Waals surface area contributed by atoms with Gasteiger partial charge in [-0.3, -0.25) is 5.10 Å². The smallest absolute Gasteiger partial charge is 0.214 e. The first kappa shape index (κ1) is 11.7. The zero-order chi connectivity index (χ0) is 12.3. The molecule has 2 N–H and O–H groups in total. The third-order valence-electron chi connectivity index (χ3n) is 2.44. The van der Waals surface area contributed by atoms with Crippen molar-refractivity contribution in [1.82, 2.24) is 14.9 Å². The zero-order valence-electron chi connectivity index (χ0n) is 9.73. The monoisotopic (exact) mass is 250 g/mol. The van der Waals surface area contributed by atoms with Gasteiger partial charge in [-0.1, -0.05) is 12.1 Å². The molecule has 2 aromatic rings. The van der Waals surface area contributed by atoms with Crippen LogP contribution in [0.3, 0.4) is 0 Å². The summed E-state index contributed by atoms with van der Waals surface area (Å²) >= 11 is 5.09. The van der Waals surface area contributed by atoms with Crippen LogP contribution in [0.15, 0.2) is 24.3 Å². The Morgan fingerprint density at radius 3 is 2.65 bits per heavy atom. The molecule has 2 rings (SSSR count). The molecule has 6 heteroatoms. The Balaban J connectivity index is 2.05. The van der Waals surface area contributed by atoms with Gasteiger partial charge >= 0.3 is 0 Å². The molecular weight excluding hydrogens is 236 g/mol. The third kappa shape index (κ3) is 2.65. The van der Waals surface area contributed by atoms with Crippen molar-refractivity contribution >= 4 is 12.2 Å². The molecule has 0 unspecified atom stereocenters. The second kappa shape index (κ2) is 5.01. The molecule has 0 saturated heterocycles. The lowest BCUT2D eigenvalue weighted by Crippen LogP contribution is -2.15. The summed E-state index contributed by atoms with van der Waals surface area (Å²) in [5.74, 6) is 1.66. The summed E-state index contributed by atoms with van der Waals surface area (Å²) in [5.41, 5.74) is 4.34. The van der Waals surface area contributed by atoms with Crippen molar-refractivity contribution in [3.8, 4) is 5.75 Å². The lowest BCUT2D eigenvalue weighted by Gasteiger charge is -2.08. The van der Waals surface area contributed by atoms with Gasteiger partial charge in [0.05, 0.1) is 13.7 Å². The van der Waals surface area contributed by atoms with Crippen LogP contribution in [0, 0.1) is 11.7 Å². The molecule has 90 valence electrons. The maximum absolute atomic E-state index is 5.10. The van der Waals surface area contributed by atoms with Gasteiger partial charge in [-0.05, 0) is 36.8 Å². The third-order valence-corrected chi connectivity index (χ3v) is 2.71. The van der Waals surface area contributed by atoms with E-state index in [4.69, 9.17) is 17.0 Å². The van der Waals surface area contributed by atoms with E-state index in [0.29, 0.717) is 11.3 Å². The van der Waals surface area contributed by atoms with Crippen LogP contribution in [0.1, 0.15) is 11.4 Å². The van der Waals surface area contributed by atoms with E-state index in [0.717, 1.165) is 17.1 Å². The van der Waals surface area contributed by atoms with E-state index >= 15 is 0 Å². The number of benzene rings is 1. The molecule has 17 heavy (non-hydrogen) atoms. The number of aryl methyl sites for hydroxylation is 1. The number of aromatic amines is 1. The van der Waals surface area contributed by atoms with Gasteiger partial charge in [0.1, 0.15) is 11.6 Å². The highest BCUT2D eigenvalue weighted by Crippen LogP contribution is 2.11. The quantitative estimate of drug-likeness (QED) is 0.815. The first-order chi connectivity index (χ1) is 8.20. The van der Waals surface area contributed by atoms with Gasteiger partial charge in [-0.15, -0.1) is 0 Å². The Kier molecular flexibility index (Phi) is 3.43. The molecule has 0 fully saturated rings. The SMILES string of the molecule is COc1ccc(CNn2c(C)n[nH]c2=S)cc1. The highest BCUT2D eigenvalue weighted by Gasteiger charge is 2.00. The Hall–Kier alpha value is -1.82. The van der Waals surface area contributed by atoms with E-state index < -0.39 is 0 Å². The molecule has 1 heterocycles. The summed E-state index contributed by atoms with van der Waals surface area (Å²) in [6.07, 6.45) is 0. The summed E-state index contributed by atoms with van der Waals surface area (Å²) in [7, 11) is 1.65. The Labute approximate surface area is 104 Å². The molecule has 0 aliphatic heterocycles. The van der Waals surface area contributed by atoms with Crippen LogP contribution in [0.2, 0.25) is 0 Å². The summed E-state index contributed by atoms with van der Waals surface area (Å²) < 4.78 is 7.42. The number of hydrogen-bond acceptors (Lipinski definition) is 4. The molecule has 0 amide bonds. The van der Waals surface area contributed by atoms with Crippen molar-refractivity contribution < 1.29 is 4.74 Å². The van der Waals surface area contributed by atoms with E-state index in [1.807, 2.05) is 31.2 Å². The van der Waals surface area contributed by atoms with E-state index in [2.05, 4.69) is 15.6 Å². The van der Waals surface area contributed by atoms with Crippen LogP contribution in [0.25, 0.3) is 0 Å². The maximum atomic E-state index is 5.10. The lowest BCUT2D eigenvalue weighted by atomic mass is 10.2. The van der Waals surface area contributed by atoms with Crippen LogP contribution in [0.4, 0.5) is 0 Å². The predicted molar refractivity (Wildman–Crippen MR) is 68.2 cm³/mol. The van der Waals surface area contributed by atoms with Gasteiger partial charge in [0.25, 0.3) is 0 Å². The average Bonchev–Trinajstić information content (AvgIpc) is 2.67. The van der Waals surface area contributed by atoms with E-state index in [-0.39, 0.29) is 0 Å². The molecule has 0 spiro atoms. The fraction of sp³-hybridized carbons (Fsp3) is 0.273. The molecule has 0 aliphatic rings. The molecule has 1 aromatic carbocycles. The molecule has 5 nitrogen and oxygen atoms in total. The van der Waals surface area contributed by atoms with Gasteiger partial charge in [-0.25, -0.2) is 4.68 Å². The summed E-state index contributed by atoms with van der Waals surface area (Å²) in [5, 5.41) is 6.74. The van der Waals surface area contributed by atoms with Gasteiger partial charge < -0.3 is 10.2 Å². The van der Waals surface area contributed by atoms with E-state index in [9.17, 15) is 0 Å². The van der Waals surface area contributed by atoms with Gasteiger partial charge in [0.15, 0.2) is 0 Å². The topological polar surface area (TPSA) is 54.9 Å². The molecule has 0 aliphatic carbocycles. The Bertz CT molecular complexity index is 543. The molecule has 0 saturated carbocycles. The Morgan fingerprint density at radius 1 is 1.41 bits per heavy atom. The zero-order valence-corrected chi connectivity index (χ0v) is 10.5. The van der Waals surface area contributed by atoms with Crippen molar-refractivity contribution in [2.75, 3.05) is 12.5 Å². The number of nitrogens with zero attached hydrogens (tertiary/aromatic N) is 2. The van der Waals surface area contributed by atoms with Crippen molar-refractivity contribution in [1.29, 1.82) is 0 Å². The molecule has 0 radical (unpaired) electrons. The number of rotatable bonds is 4. The number of nitrogens with one attached hydrogen (secondary N) is 2. The fourth-order valence-electron chi connectivity index (χ4n) is 1.48. The number of hydrogen-bond donors (Lipinski definition) is 2. The molecular formula is C11H14N4OS. The molecule has 0 bridgehead atoms. The van der Waals surface area contributed by atoms with Gasteiger partial charge in [0, 0.05) is 0 Å². The van der Waals surface area contributed by atoms with E-state index in [1.165, 1.54) is 0 Å². The molecule has 1 aromatic heterocycles. The number of methoxy groups -OCH3 is 1. The minimum Gasteiger partial charge on any atom is -0.497 e. The first-order valence-electron chi connectivity index (χ1n) is 5.21. The first-order valence-corrected chi connectivity index (χ1v) is 5.62. The van der Waals surface area contributed by atoms with Gasteiger partial charge in [0.2, 0.25) is 4.77 Å². The van der Waals surface area contributed by atoms with Crippen LogP contribution in [-0.4, -0.2) is 22.0 Å². The van der Waals surface area contributed by atoms with Crippen molar-refractivity contribution in [2.45, 2.75) is 13.5 Å². The predicted octanol–water partition coefficient (Wildman–Crippen LogP) is 2.00. The van der Waals surface area contributed by atoms with Crippen LogP contribution >= 0.6 is 12.2 Å². The highest BCUT2D eigenvalue weighted by molar-refractivity contribution is 7.71. The van der Waals surface area contributed by atoms with Crippen LogP contribution in [0.5, 0.6) is 5.75 Å². The number of H-pyrrole nitrogens is 1. The van der Waals surface area contributed by atoms with Gasteiger partial charge in [-0.2, -0.15) is 5.10 Å². The highest BCUT2D eigenvalue weighted by atomic mass is 32.1. The van der Waals surface area contributed by atoms with Crippen molar-refractivity contribution in [3.05, 3.63) is 40.4 Å².